The van der Waals surface area contributed by atoms with Crippen LogP contribution in [0.4, 0.5) is 13.2 Å². The normalized spacial score (nSPS) is 11.9. The summed E-state index contributed by atoms with van der Waals surface area (Å²) in [5, 5.41) is 14.8. The zero-order chi connectivity index (χ0) is 37.1. The molecule has 0 amide bonds. The van der Waals surface area contributed by atoms with E-state index in [4.69, 9.17) is 15.0 Å². The first kappa shape index (κ1) is 34.5. The van der Waals surface area contributed by atoms with Crippen molar-refractivity contribution in [3.8, 4) is 28.3 Å². The topological polar surface area (TPSA) is 65.7 Å². The number of aromatic nitrogens is 5. The number of ether oxygens (including phenoxy) is 1. The maximum absolute atomic E-state index is 13.5. The Balaban J connectivity index is 1.13. The maximum Gasteiger partial charge on any atom is 0.416 e. The molecule has 0 saturated carbocycles. The van der Waals surface area contributed by atoms with Crippen molar-refractivity contribution in [1.82, 2.24) is 25.2 Å². The number of benzene rings is 6. The van der Waals surface area contributed by atoms with Gasteiger partial charge in [-0.25, -0.2) is 0 Å². The van der Waals surface area contributed by atoms with E-state index < -0.39 is 17.3 Å². The Hall–Kier alpha value is -6.61. The van der Waals surface area contributed by atoms with E-state index in [1.165, 1.54) is 6.07 Å². The van der Waals surface area contributed by atoms with E-state index >= 15 is 0 Å². The molecule has 0 fully saturated rings. The largest absolute Gasteiger partial charge is 0.488 e. The van der Waals surface area contributed by atoms with Gasteiger partial charge in [0.25, 0.3) is 0 Å². The molecule has 0 aliphatic carbocycles. The molecule has 0 aliphatic heterocycles. The quantitative estimate of drug-likeness (QED) is 0.132. The third-order valence-corrected chi connectivity index (χ3v) is 9.63. The predicted octanol–water partition coefficient (Wildman–Crippen LogP) is 10.6. The summed E-state index contributed by atoms with van der Waals surface area (Å²) < 4.78 is 46.8. The first-order valence-corrected chi connectivity index (χ1v) is 17.6. The lowest BCUT2D eigenvalue weighted by atomic mass is 9.77. The van der Waals surface area contributed by atoms with Crippen LogP contribution in [0.2, 0.25) is 0 Å². The SMILES string of the molecule is CCc1cc(OCc2ccc(-c3ccccc3-c3nnn(C(c4ccccc4)(c4ccccc4)c4ccccc4)n3)cc2)c2cc(C(F)(F)F)ccc2n1. The van der Waals surface area contributed by atoms with Crippen LogP contribution >= 0.6 is 0 Å². The highest BCUT2D eigenvalue weighted by atomic mass is 19.4. The molecule has 6 nitrogen and oxygen atoms in total. The van der Waals surface area contributed by atoms with Crippen LogP contribution in [0.5, 0.6) is 5.75 Å². The fraction of sp³-hybridized carbons (Fsp3) is 0.111. The molecule has 8 aromatic rings. The fourth-order valence-electron chi connectivity index (χ4n) is 6.94. The van der Waals surface area contributed by atoms with Gasteiger partial charge in [0, 0.05) is 22.7 Å². The highest BCUT2D eigenvalue weighted by Gasteiger charge is 2.41. The number of pyridine rings is 1. The van der Waals surface area contributed by atoms with Gasteiger partial charge in [0.1, 0.15) is 12.4 Å². The average Bonchev–Trinajstić information content (AvgIpc) is 3.71. The number of hydrogen-bond donors (Lipinski definition) is 0. The first-order chi connectivity index (χ1) is 26.3. The van der Waals surface area contributed by atoms with Crippen LogP contribution < -0.4 is 4.74 Å². The molecule has 0 aliphatic rings. The van der Waals surface area contributed by atoms with E-state index in [0.29, 0.717) is 28.9 Å². The van der Waals surface area contributed by atoms with Gasteiger partial charge in [-0.05, 0) is 63.2 Å². The van der Waals surface area contributed by atoms with Gasteiger partial charge in [0.05, 0.1) is 11.1 Å². The lowest BCUT2D eigenvalue weighted by molar-refractivity contribution is -0.137. The van der Waals surface area contributed by atoms with E-state index in [1.807, 2.05) is 110 Å². The zero-order valence-electron chi connectivity index (χ0n) is 29.3. The second kappa shape index (κ2) is 14.4. The van der Waals surface area contributed by atoms with Crippen LogP contribution in [0.25, 0.3) is 33.4 Å². The molecular weight excluding hydrogens is 684 g/mol. The average molecular weight is 718 g/mol. The summed E-state index contributed by atoms with van der Waals surface area (Å²) in [5.74, 6) is 0.837. The number of rotatable bonds is 10. The van der Waals surface area contributed by atoms with Crippen molar-refractivity contribution < 1.29 is 17.9 Å². The Bertz CT molecular complexity index is 2420. The summed E-state index contributed by atoms with van der Waals surface area (Å²) in [5.41, 5.74) is 6.04. The van der Waals surface area contributed by atoms with Gasteiger partial charge in [-0.1, -0.05) is 146 Å². The van der Waals surface area contributed by atoms with Gasteiger partial charge >= 0.3 is 6.18 Å². The summed E-state index contributed by atoms with van der Waals surface area (Å²) in [6.45, 7) is 2.11. The molecule has 0 saturated heterocycles. The van der Waals surface area contributed by atoms with Crippen LogP contribution in [0, 0.1) is 0 Å². The minimum Gasteiger partial charge on any atom is -0.488 e. The second-order valence-corrected chi connectivity index (χ2v) is 12.9. The lowest BCUT2D eigenvalue weighted by Gasteiger charge is -2.34. The molecule has 0 unspecified atom stereocenters. The fourth-order valence-corrected chi connectivity index (χ4v) is 6.94. The van der Waals surface area contributed by atoms with Crippen LogP contribution in [-0.4, -0.2) is 25.2 Å². The highest BCUT2D eigenvalue weighted by molar-refractivity contribution is 5.86. The van der Waals surface area contributed by atoms with Crippen molar-refractivity contribution >= 4 is 10.9 Å². The Morgan fingerprint density at radius 1 is 0.611 bits per heavy atom. The van der Waals surface area contributed by atoms with Gasteiger partial charge in [0.15, 0.2) is 5.54 Å². The summed E-state index contributed by atoms with van der Waals surface area (Å²) in [7, 11) is 0. The number of fused-ring (bicyclic) bond motifs is 1. The van der Waals surface area contributed by atoms with Gasteiger partial charge in [-0.2, -0.15) is 13.2 Å². The van der Waals surface area contributed by atoms with Gasteiger partial charge in [0.2, 0.25) is 5.82 Å². The standard InChI is InChI=1S/C45H34F3N5O/c1-2-37-29-42(40-28-36(45(46,47)48)26-27-41(40)49-37)54-30-31-22-24-32(25-23-31)38-20-12-13-21-39(38)43-50-52-53(51-43)44(33-14-6-3-7-15-33,34-16-8-4-9-17-34)35-18-10-5-11-19-35/h3-29H,2,30H2,1H3. The number of tetrazole rings is 1. The molecule has 2 heterocycles. The zero-order valence-corrected chi connectivity index (χ0v) is 29.3. The molecule has 2 aromatic heterocycles. The monoisotopic (exact) mass is 717 g/mol. The smallest absolute Gasteiger partial charge is 0.416 e. The number of nitrogens with zero attached hydrogens (tertiary/aromatic N) is 5. The summed E-state index contributed by atoms with van der Waals surface area (Å²) >= 11 is 0. The van der Waals surface area contributed by atoms with Crippen LogP contribution in [0.1, 0.15) is 40.4 Å². The Labute approximate surface area is 310 Å². The van der Waals surface area contributed by atoms with E-state index in [2.05, 4.69) is 46.5 Å². The first-order valence-electron chi connectivity index (χ1n) is 17.6. The molecule has 9 heteroatoms. The molecule has 0 N–H and O–H groups in total. The Kier molecular flexibility index (Phi) is 9.21. The second-order valence-electron chi connectivity index (χ2n) is 12.9. The van der Waals surface area contributed by atoms with E-state index in [9.17, 15) is 13.2 Å². The minimum absolute atomic E-state index is 0.164. The van der Waals surface area contributed by atoms with Crippen LogP contribution in [0.15, 0.2) is 164 Å². The maximum atomic E-state index is 13.5. The van der Waals surface area contributed by atoms with Gasteiger partial charge in [-0.15, -0.1) is 15.0 Å². The molecule has 6 aromatic carbocycles. The molecule has 0 atom stereocenters. The van der Waals surface area contributed by atoms with E-state index in [0.717, 1.165) is 56.8 Å². The molecule has 266 valence electrons. The summed E-state index contributed by atoms with van der Waals surface area (Å²) in [4.78, 5) is 6.22. The molecule has 54 heavy (non-hydrogen) atoms. The molecule has 0 radical (unpaired) electrons. The number of hydrogen-bond acceptors (Lipinski definition) is 5. The van der Waals surface area contributed by atoms with Crippen molar-refractivity contribution in [2.75, 3.05) is 0 Å². The number of alkyl halides is 3. The lowest BCUT2D eigenvalue weighted by Crippen LogP contribution is -2.39. The van der Waals surface area contributed by atoms with Crippen molar-refractivity contribution in [1.29, 1.82) is 0 Å². The van der Waals surface area contributed by atoms with E-state index in [1.54, 1.807) is 10.9 Å². The molecule has 0 bridgehead atoms. The Morgan fingerprint density at radius 2 is 1.19 bits per heavy atom. The third kappa shape index (κ3) is 6.49. The number of aryl methyl sites for hydroxylation is 1. The number of halogens is 3. The summed E-state index contributed by atoms with van der Waals surface area (Å²) in [6, 6.07) is 51.7. The van der Waals surface area contributed by atoms with Gasteiger partial charge < -0.3 is 4.74 Å². The predicted molar refractivity (Wildman–Crippen MR) is 204 cm³/mol. The highest BCUT2D eigenvalue weighted by Crippen LogP contribution is 2.41. The third-order valence-electron chi connectivity index (χ3n) is 9.63. The van der Waals surface area contributed by atoms with Crippen molar-refractivity contribution in [2.24, 2.45) is 0 Å². The minimum atomic E-state index is -4.47. The molecule has 0 spiro atoms. The van der Waals surface area contributed by atoms with Gasteiger partial charge in [-0.3, -0.25) is 4.98 Å². The molecule has 8 rings (SSSR count). The molecular formula is C45H34F3N5O. The van der Waals surface area contributed by atoms with Crippen molar-refractivity contribution in [3.63, 3.8) is 0 Å². The van der Waals surface area contributed by atoms with Crippen LogP contribution in [-0.2, 0) is 24.7 Å². The summed E-state index contributed by atoms with van der Waals surface area (Å²) in [6.07, 6.45) is -3.85. The Morgan fingerprint density at radius 3 is 1.76 bits per heavy atom. The van der Waals surface area contributed by atoms with Crippen LogP contribution in [0.3, 0.4) is 0 Å². The van der Waals surface area contributed by atoms with E-state index in [-0.39, 0.29) is 6.61 Å². The van der Waals surface area contributed by atoms with Crippen molar-refractivity contribution in [3.05, 3.63) is 197 Å². The van der Waals surface area contributed by atoms with Crippen molar-refractivity contribution in [2.45, 2.75) is 31.7 Å².